The topological polar surface area (TPSA) is 44.7 Å². The first-order valence-electron chi connectivity index (χ1n) is 10.1. The molecule has 146 valence electrons. The highest BCUT2D eigenvalue weighted by atomic mass is 35.5. The van der Waals surface area contributed by atoms with E-state index in [4.69, 9.17) is 11.6 Å². The summed E-state index contributed by atoms with van der Waals surface area (Å²) in [7, 11) is 0. The Morgan fingerprint density at radius 2 is 1.71 bits per heavy atom. The summed E-state index contributed by atoms with van der Waals surface area (Å²) in [5.41, 5.74) is 5.78. The van der Waals surface area contributed by atoms with Crippen LogP contribution < -0.4 is 5.43 Å². The molecule has 2 aromatic carbocycles. The zero-order valence-electron chi connectivity index (χ0n) is 16.0. The molecule has 0 spiro atoms. The fourth-order valence-electron chi connectivity index (χ4n) is 4.28. The molecule has 1 atom stereocenters. The number of hydrazone groups is 1. The molecule has 5 heteroatoms. The maximum absolute atomic E-state index is 13.2. The number of carbonyl (C=O) groups excluding carboxylic acids is 1. The van der Waals surface area contributed by atoms with Crippen molar-refractivity contribution in [3.8, 4) is 0 Å². The number of nitrogens with zero attached hydrogens (tertiary/aromatic N) is 2. The molecule has 28 heavy (non-hydrogen) atoms. The van der Waals surface area contributed by atoms with Crippen molar-refractivity contribution in [3.63, 3.8) is 0 Å². The van der Waals surface area contributed by atoms with Crippen LogP contribution in [0.5, 0.6) is 0 Å². The van der Waals surface area contributed by atoms with Gasteiger partial charge in [0.25, 0.3) is 5.91 Å². The van der Waals surface area contributed by atoms with Crippen LogP contribution in [0.1, 0.15) is 37.7 Å². The van der Waals surface area contributed by atoms with Gasteiger partial charge in [0.05, 0.1) is 5.69 Å². The quantitative estimate of drug-likeness (QED) is 0.712. The SMILES string of the molecule is O=C1/C(=N\Nc2ccc(Cl)cc2)C(Cc2ccccc2)CN1C1CCCCC1. The highest BCUT2D eigenvalue weighted by molar-refractivity contribution is 6.41. The van der Waals surface area contributed by atoms with Gasteiger partial charge in [-0.2, -0.15) is 5.10 Å². The van der Waals surface area contributed by atoms with Crippen LogP contribution >= 0.6 is 11.6 Å². The number of halogens is 1. The first kappa shape index (κ1) is 19.0. The molecular formula is C23H26ClN3O. The van der Waals surface area contributed by atoms with Crippen molar-refractivity contribution in [3.05, 3.63) is 65.2 Å². The molecule has 4 rings (SSSR count). The molecule has 1 amide bonds. The summed E-state index contributed by atoms with van der Waals surface area (Å²) < 4.78 is 0. The Morgan fingerprint density at radius 1 is 1.00 bits per heavy atom. The van der Waals surface area contributed by atoms with E-state index in [2.05, 4.69) is 27.6 Å². The number of rotatable bonds is 5. The van der Waals surface area contributed by atoms with Crippen molar-refractivity contribution in [2.24, 2.45) is 11.0 Å². The molecule has 1 unspecified atom stereocenters. The second-order valence-electron chi connectivity index (χ2n) is 7.75. The molecular weight excluding hydrogens is 370 g/mol. The van der Waals surface area contributed by atoms with Gasteiger partial charge < -0.3 is 4.90 Å². The average molecular weight is 396 g/mol. The Morgan fingerprint density at radius 3 is 2.43 bits per heavy atom. The number of benzene rings is 2. The minimum Gasteiger partial charge on any atom is -0.334 e. The van der Waals surface area contributed by atoms with E-state index in [-0.39, 0.29) is 11.8 Å². The van der Waals surface area contributed by atoms with E-state index >= 15 is 0 Å². The fourth-order valence-corrected chi connectivity index (χ4v) is 4.41. The molecule has 4 nitrogen and oxygen atoms in total. The van der Waals surface area contributed by atoms with Gasteiger partial charge in [-0.1, -0.05) is 61.2 Å². The van der Waals surface area contributed by atoms with Crippen molar-refractivity contribution in [2.45, 2.75) is 44.6 Å². The van der Waals surface area contributed by atoms with Crippen LogP contribution in [-0.4, -0.2) is 29.1 Å². The first-order valence-corrected chi connectivity index (χ1v) is 10.5. The molecule has 0 radical (unpaired) electrons. The lowest BCUT2D eigenvalue weighted by Crippen LogP contribution is -2.39. The largest absolute Gasteiger partial charge is 0.334 e. The second-order valence-corrected chi connectivity index (χ2v) is 8.19. The summed E-state index contributed by atoms with van der Waals surface area (Å²) in [5.74, 6) is 0.200. The van der Waals surface area contributed by atoms with Crippen LogP contribution in [0.25, 0.3) is 0 Å². The molecule has 1 saturated carbocycles. The van der Waals surface area contributed by atoms with E-state index in [1.165, 1.54) is 24.8 Å². The Hall–Kier alpha value is -2.33. The smallest absolute Gasteiger partial charge is 0.270 e. The first-order chi connectivity index (χ1) is 13.7. The van der Waals surface area contributed by atoms with E-state index in [0.717, 1.165) is 31.5 Å². The lowest BCUT2D eigenvalue weighted by Gasteiger charge is -2.30. The van der Waals surface area contributed by atoms with Gasteiger partial charge in [-0.05, 0) is 49.1 Å². The zero-order valence-corrected chi connectivity index (χ0v) is 16.7. The Kier molecular flexibility index (Phi) is 5.96. The van der Waals surface area contributed by atoms with Gasteiger partial charge in [-0.15, -0.1) is 0 Å². The second kappa shape index (κ2) is 8.78. The third kappa shape index (κ3) is 4.39. The highest BCUT2D eigenvalue weighted by Gasteiger charge is 2.40. The van der Waals surface area contributed by atoms with Crippen molar-refractivity contribution in [2.75, 3.05) is 12.0 Å². The number of carbonyl (C=O) groups is 1. The zero-order chi connectivity index (χ0) is 19.3. The summed E-state index contributed by atoms with van der Waals surface area (Å²) in [6, 6.07) is 18.1. The summed E-state index contributed by atoms with van der Waals surface area (Å²) >= 11 is 5.96. The molecule has 1 N–H and O–H groups in total. The molecule has 2 aliphatic rings. The van der Waals surface area contributed by atoms with Crippen LogP contribution in [0.4, 0.5) is 5.69 Å². The maximum atomic E-state index is 13.2. The van der Waals surface area contributed by atoms with Gasteiger partial charge in [0.1, 0.15) is 5.71 Å². The van der Waals surface area contributed by atoms with Crippen LogP contribution in [0.3, 0.4) is 0 Å². The van der Waals surface area contributed by atoms with Crippen molar-refractivity contribution >= 4 is 28.9 Å². The maximum Gasteiger partial charge on any atom is 0.270 e. The third-order valence-corrected chi connectivity index (χ3v) is 6.03. The molecule has 1 aliphatic heterocycles. The van der Waals surface area contributed by atoms with Crippen LogP contribution in [-0.2, 0) is 11.2 Å². The van der Waals surface area contributed by atoms with E-state index in [9.17, 15) is 4.79 Å². The number of hydrogen-bond acceptors (Lipinski definition) is 3. The van der Waals surface area contributed by atoms with Gasteiger partial charge in [0.2, 0.25) is 0 Å². The Labute approximate surface area is 171 Å². The van der Waals surface area contributed by atoms with Crippen molar-refractivity contribution in [1.82, 2.24) is 4.90 Å². The monoisotopic (exact) mass is 395 g/mol. The highest BCUT2D eigenvalue weighted by Crippen LogP contribution is 2.29. The number of likely N-dealkylation sites (tertiary alicyclic amines) is 1. The van der Waals surface area contributed by atoms with Crippen LogP contribution in [0.2, 0.25) is 5.02 Å². The number of anilines is 1. The molecule has 2 fully saturated rings. The summed E-state index contributed by atoms with van der Waals surface area (Å²) in [5, 5.41) is 5.24. The van der Waals surface area contributed by atoms with Crippen LogP contribution in [0, 0.1) is 5.92 Å². The summed E-state index contributed by atoms with van der Waals surface area (Å²) in [4.78, 5) is 15.3. The van der Waals surface area contributed by atoms with E-state index in [1.54, 1.807) is 0 Å². The van der Waals surface area contributed by atoms with Gasteiger partial charge >= 0.3 is 0 Å². The lowest BCUT2D eigenvalue weighted by molar-refractivity contribution is -0.125. The molecule has 1 aliphatic carbocycles. The number of nitrogens with one attached hydrogen (secondary N) is 1. The summed E-state index contributed by atoms with van der Waals surface area (Å²) in [6.07, 6.45) is 6.77. The predicted molar refractivity (Wildman–Crippen MR) is 115 cm³/mol. The van der Waals surface area contributed by atoms with Crippen molar-refractivity contribution in [1.29, 1.82) is 0 Å². The normalized spacial score (nSPS) is 22.0. The Bertz CT molecular complexity index is 829. The minimum absolute atomic E-state index is 0.0919. The molecule has 2 aromatic rings. The predicted octanol–water partition coefficient (Wildman–Crippen LogP) is 5.14. The van der Waals surface area contributed by atoms with Crippen molar-refractivity contribution < 1.29 is 4.79 Å². The minimum atomic E-state index is 0.0919. The Balaban J connectivity index is 1.55. The van der Waals surface area contributed by atoms with Gasteiger partial charge in [0, 0.05) is 23.5 Å². The van der Waals surface area contributed by atoms with Gasteiger partial charge in [-0.25, -0.2) is 0 Å². The fraction of sp³-hybridized carbons (Fsp3) is 0.391. The molecule has 1 heterocycles. The van der Waals surface area contributed by atoms with Gasteiger partial charge in [0.15, 0.2) is 0 Å². The number of hydrogen-bond donors (Lipinski definition) is 1. The van der Waals surface area contributed by atoms with Crippen LogP contribution in [0.15, 0.2) is 59.7 Å². The standard InChI is InChI=1S/C23H26ClN3O/c24-19-11-13-20(14-12-19)25-26-22-18(15-17-7-3-1-4-8-17)16-27(23(22)28)21-9-5-2-6-10-21/h1,3-4,7-8,11-14,18,21,25H,2,5-6,9-10,15-16H2/b26-22-. The third-order valence-electron chi connectivity index (χ3n) is 5.77. The van der Waals surface area contributed by atoms with E-state index in [1.807, 2.05) is 42.5 Å². The average Bonchev–Trinajstić information content (AvgIpc) is 3.04. The van der Waals surface area contributed by atoms with E-state index < -0.39 is 0 Å². The van der Waals surface area contributed by atoms with Gasteiger partial charge in [-0.3, -0.25) is 10.2 Å². The molecule has 1 saturated heterocycles. The molecule has 0 aromatic heterocycles. The number of amides is 1. The summed E-state index contributed by atoms with van der Waals surface area (Å²) in [6.45, 7) is 0.763. The van der Waals surface area contributed by atoms with E-state index in [0.29, 0.717) is 16.8 Å². The lowest BCUT2D eigenvalue weighted by atomic mass is 9.94. The molecule has 0 bridgehead atoms.